The summed E-state index contributed by atoms with van der Waals surface area (Å²) in [6.45, 7) is 1.47. The van der Waals surface area contributed by atoms with Crippen molar-refractivity contribution < 1.29 is 14.2 Å². The van der Waals surface area contributed by atoms with Gasteiger partial charge in [0, 0.05) is 6.42 Å². The smallest absolute Gasteiger partial charge is 0.118 e. The second-order valence-corrected chi connectivity index (χ2v) is 5.67. The van der Waals surface area contributed by atoms with Gasteiger partial charge in [-0.25, -0.2) is 0 Å². The van der Waals surface area contributed by atoms with E-state index in [0.717, 1.165) is 36.0 Å². The fourth-order valence-electron chi connectivity index (χ4n) is 2.28. The standard InChI is InChI=1S/C18H22O3/c1-19-16-9-7-15(8-10-16)13-21-18-4-2-3-17(11-18)20-12-14-5-6-14/h2-4,7-10,14,18H,5-6,11-13H2,1H3. The van der Waals surface area contributed by atoms with Gasteiger partial charge < -0.3 is 14.2 Å². The molecule has 0 N–H and O–H groups in total. The summed E-state index contributed by atoms with van der Waals surface area (Å²) in [4.78, 5) is 0. The molecule has 0 radical (unpaired) electrons. The van der Waals surface area contributed by atoms with E-state index in [-0.39, 0.29) is 6.10 Å². The maximum absolute atomic E-state index is 5.95. The molecule has 0 aliphatic heterocycles. The van der Waals surface area contributed by atoms with Gasteiger partial charge in [0.15, 0.2) is 0 Å². The average Bonchev–Trinajstić information content (AvgIpc) is 3.36. The van der Waals surface area contributed by atoms with Gasteiger partial charge >= 0.3 is 0 Å². The zero-order chi connectivity index (χ0) is 14.5. The van der Waals surface area contributed by atoms with Crippen LogP contribution in [0.3, 0.4) is 0 Å². The molecule has 0 amide bonds. The topological polar surface area (TPSA) is 27.7 Å². The highest BCUT2D eigenvalue weighted by Crippen LogP contribution is 2.30. The van der Waals surface area contributed by atoms with E-state index in [2.05, 4.69) is 12.2 Å². The monoisotopic (exact) mass is 286 g/mol. The molecule has 3 heteroatoms. The molecule has 2 aliphatic rings. The van der Waals surface area contributed by atoms with Crippen LogP contribution in [0.15, 0.2) is 48.3 Å². The highest BCUT2D eigenvalue weighted by atomic mass is 16.5. The quantitative estimate of drug-likeness (QED) is 0.762. The third-order valence-corrected chi connectivity index (χ3v) is 3.83. The van der Waals surface area contributed by atoms with Crippen LogP contribution >= 0.6 is 0 Å². The largest absolute Gasteiger partial charge is 0.498 e. The van der Waals surface area contributed by atoms with Crippen LogP contribution in [0.1, 0.15) is 24.8 Å². The summed E-state index contributed by atoms with van der Waals surface area (Å²) in [6.07, 6.45) is 9.75. The first-order valence-electron chi connectivity index (χ1n) is 7.58. The second-order valence-electron chi connectivity index (χ2n) is 5.67. The van der Waals surface area contributed by atoms with E-state index < -0.39 is 0 Å². The van der Waals surface area contributed by atoms with Gasteiger partial charge in [0.25, 0.3) is 0 Å². The number of ether oxygens (including phenoxy) is 3. The molecule has 21 heavy (non-hydrogen) atoms. The maximum atomic E-state index is 5.95. The molecular formula is C18H22O3. The zero-order valence-corrected chi connectivity index (χ0v) is 12.5. The minimum atomic E-state index is 0.103. The summed E-state index contributed by atoms with van der Waals surface area (Å²) in [5.41, 5.74) is 1.15. The zero-order valence-electron chi connectivity index (χ0n) is 12.5. The summed E-state index contributed by atoms with van der Waals surface area (Å²) >= 11 is 0. The van der Waals surface area contributed by atoms with Gasteiger partial charge in [-0.15, -0.1) is 0 Å². The van der Waals surface area contributed by atoms with Gasteiger partial charge in [-0.3, -0.25) is 0 Å². The average molecular weight is 286 g/mol. The van der Waals surface area contributed by atoms with Gasteiger partial charge in [0.1, 0.15) is 5.75 Å². The number of hydrogen-bond donors (Lipinski definition) is 0. The van der Waals surface area contributed by atoms with Crippen LogP contribution in [0.4, 0.5) is 0 Å². The summed E-state index contributed by atoms with van der Waals surface area (Å²) in [5, 5.41) is 0. The number of hydrogen-bond acceptors (Lipinski definition) is 3. The molecule has 0 saturated heterocycles. The molecule has 1 unspecified atom stereocenters. The highest BCUT2D eigenvalue weighted by Gasteiger charge is 2.23. The van der Waals surface area contributed by atoms with Gasteiger partial charge in [0.2, 0.25) is 0 Å². The summed E-state index contributed by atoms with van der Waals surface area (Å²) < 4.78 is 16.9. The maximum Gasteiger partial charge on any atom is 0.118 e. The minimum Gasteiger partial charge on any atom is -0.498 e. The van der Waals surface area contributed by atoms with E-state index in [4.69, 9.17) is 14.2 Å². The first kappa shape index (κ1) is 14.2. The first-order valence-corrected chi connectivity index (χ1v) is 7.58. The van der Waals surface area contributed by atoms with Gasteiger partial charge in [0.05, 0.1) is 32.2 Å². The lowest BCUT2D eigenvalue weighted by Gasteiger charge is -2.19. The lowest BCUT2D eigenvalue weighted by molar-refractivity contribution is 0.0559. The second kappa shape index (κ2) is 6.81. The molecule has 0 heterocycles. The summed E-state index contributed by atoms with van der Waals surface area (Å²) in [7, 11) is 1.67. The van der Waals surface area contributed by atoms with Crippen LogP contribution in [0.25, 0.3) is 0 Å². The Morgan fingerprint density at radius 2 is 1.95 bits per heavy atom. The molecule has 112 valence electrons. The van der Waals surface area contributed by atoms with E-state index in [9.17, 15) is 0 Å². The Morgan fingerprint density at radius 3 is 2.67 bits per heavy atom. The lowest BCUT2D eigenvalue weighted by Crippen LogP contribution is -2.15. The fraction of sp³-hybridized carbons (Fsp3) is 0.444. The molecule has 1 fully saturated rings. The Labute approximate surface area is 126 Å². The fourth-order valence-corrected chi connectivity index (χ4v) is 2.28. The molecule has 1 aromatic carbocycles. The van der Waals surface area contributed by atoms with Crippen LogP contribution in [0, 0.1) is 5.92 Å². The SMILES string of the molecule is COc1ccc(COC2C=CC=C(OCC3CC3)C2)cc1. The highest BCUT2D eigenvalue weighted by molar-refractivity contribution is 5.26. The molecule has 3 rings (SSSR count). The Kier molecular flexibility index (Phi) is 4.61. The van der Waals surface area contributed by atoms with Crippen molar-refractivity contribution in [2.45, 2.75) is 32.0 Å². The Hall–Kier alpha value is -1.74. The van der Waals surface area contributed by atoms with Crippen LogP contribution in [-0.2, 0) is 16.1 Å². The molecule has 0 aromatic heterocycles. The minimum absolute atomic E-state index is 0.103. The van der Waals surface area contributed by atoms with E-state index in [1.54, 1.807) is 7.11 Å². The van der Waals surface area contributed by atoms with Gasteiger partial charge in [-0.05, 0) is 42.5 Å². The molecule has 1 saturated carbocycles. The Balaban J connectivity index is 1.44. The van der Waals surface area contributed by atoms with Crippen molar-refractivity contribution in [2.75, 3.05) is 13.7 Å². The summed E-state index contributed by atoms with van der Waals surface area (Å²) in [5.74, 6) is 2.70. The Bertz CT molecular complexity index is 512. The van der Waals surface area contributed by atoms with Crippen LogP contribution in [0.2, 0.25) is 0 Å². The van der Waals surface area contributed by atoms with Crippen molar-refractivity contribution >= 4 is 0 Å². The van der Waals surface area contributed by atoms with Crippen LogP contribution in [-0.4, -0.2) is 19.8 Å². The van der Waals surface area contributed by atoms with E-state index in [0.29, 0.717) is 6.61 Å². The molecular weight excluding hydrogens is 264 g/mol. The van der Waals surface area contributed by atoms with Gasteiger partial charge in [-0.1, -0.05) is 24.3 Å². The number of methoxy groups -OCH3 is 1. The van der Waals surface area contributed by atoms with E-state index in [1.807, 2.05) is 30.3 Å². The number of rotatable bonds is 7. The predicted octanol–water partition coefficient (Wildman–Crippen LogP) is 3.85. The van der Waals surface area contributed by atoms with Crippen molar-refractivity contribution in [3.63, 3.8) is 0 Å². The van der Waals surface area contributed by atoms with Gasteiger partial charge in [-0.2, -0.15) is 0 Å². The Morgan fingerprint density at radius 1 is 1.14 bits per heavy atom. The number of allylic oxidation sites excluding steroid dienone is 2. The molecule has 0 bridgehead atoms. The normalized spacial score (nSPS) is 21.0. The third kappa shape index (κ3) is 4.36. The lowest BCUT2D eigenvalue weighted by atomic mass is 10.1. The van der Waals surface area contributed by atoms with Crippen LogP contribution < -0.4 is 4.74 Å². The van der Waals surface area contributed by atoms with Crippen LogP contribution in [0.5, 0.6) is 5.75 Å². The molecule has 0 spiro atoms. The first-order chi connectivity index (χ1) is 10.3. The molecule has 1 aromatic rings. The van der Waals surface area contributed by atoms with E-state index >= 15 is 0 Å². The summed E-state index contributed by atoms with van der Waals surface area (Å²) in [6, 6.07) is 7.98. The van der Waals surface area contributed by atoms with Crippen molar-refractivity contribution in [1.29, 1.82) is 0 Å². The van der Waals surface area contributed by atoms with Crippen molar-refractivity contribution in [2.24, 2.45) is 5.92 Å². The molecule has 3 nitrogen and oxygen atoms in total. The van der Waals surface area contributed by atoms with Crippen molar-refractivity contribution in [3.8, 4) is 5.75 Å². The predicted molar refractivity (Wildman–Crippen MR) is 82.1 cm³/mol. The van der Waals surface area contributed by atoms with E-state index in [1.165, 1.54) is 12.8 Å². The number of benzene rings is 1. The third-order valence-electron chi connectivity index (χ3n) is 3.83. The van der Waals surface area contributed by atoms with Crippen molar-refractivity contribution in [3.05, 3.63) is 53.8 Å². The molecule has 2 aliphatic carbocycles. The molecule has 1 atom stereocenters. The van der Waals surface area contributed by atoms with Crippen molar-refractivity contribution in [1.82, 2.24) is 0 Å².